The predicted octanol–water partition coefficient (Wildman–Crippen LogP) is 4.30. The maximum absolute atomic E-state index is 12.1. The lowest BCUT2D eigenvalue weighted by atomic mass is 10.1. The lowest BCUT2D eigenvalue weighted by molar-refractivity contribution is -0.121. The number of para-hydroxylation sites is 1. The van der Waals surface area contributed by atoms with Crippen molar-refractivity contribution in [2.24, 2.45) is 0 Å². The van der Waals surface area contributed by atoms with Gasteiger partial charge in [0.15, 0.2) is 0 Å². The van der Waals surface area contributed by atoms with Gasteiger partial charge in [-0.05, 0) is 62.4 Å². The number of carbonyl (C=O) groups is 1. The van der Waals surface area contributed by atoms with Gasteiger partial charge >= 0.3 is 0 Å². The Hall–Kier alpha value is -2.62. The van der Waals surface area contributed by atoms with E-state index in [1.54, 1.807) is 12.4 Å². The smallest absolute Gasteiger partial charge is 0.220 e. The second-order valence-corrected chi connectivity index (χ2v) is 6.98. The van der Waals surface area contributed by atoms with Crippen molar-refractivity contribution in [3.63, 3.8) is 0 Å². The lowest BCUT2D eigenvalue weighted by Gasteiger charge is -2.08. The van der Waals surface area contributed by atoms with Gasteiger partial charge < -0.3 is 9.88 Å². The summed E-state index contributed by atoms with van der Waals surface area (Å²) in [5.74, 6) is 0.131. The molecule has 0 spiro atoms. The molecule has 2 aromatic heterocycles. The molecule has 0 unspecified atom stereocenters. The summed E-state index contributed by atoms with van der Waals surface area (Å²) in [5.41, 5.74) is 3.81. The summed E-state index contributed by atoms with van der Waals surface area (Å²) < 4.78 is 2.32. The average molecular weight is 349 g/mol. The molecule has 0 radical (unpaired) electrons. The number of hydrogen-bond acceptors (Lipinski definition) is 2. The first-order valence-corrected chi connectivity index (χ1v) is 9.39. The molecular formula is C22H27N3O. The number of fused-ring (bicyclic) bond motifs is 1. The first-order valence-electron chi connectivity index (χ1n) is 9.39. The SMILES string of the molecule is CC(C)n1cc(CCCC(=O)NCCc2ccncc2)c2ccccc21. The zero-order valence-electron chi connectivity index (χ0n) is 15.6. The molecule has 0 aliphatic rings. The van der Waals surface area contributed by atoms with Crippen molar-refractivity contribution in [1.82, 2.24) is 14.9 Å². The summed E-state index contributed by atoms with van der Waals surface area (Å²) in [5, 5.41) is 4.32. The van der Waals surface area contributed by atoms with Gasteiger partial charge in [-0.15, -0.1) is 0 Å². The molecule has 1 amide bonds. The summed E-state index contributed by atoms with van der Waals surface area (Å²) in [6.45, 7) is 5.08. The number of aryl methyl sites for hydroxylation is 1. The lowest BCUT2D eigenvalue weighted by Crippen LogP contribution is -2.25. The second-order valence-electron chi connectivity index (χ2n) is 6.98. The van der Waals surface area contributed by atoms with Crippen LogP contribution in [0.25, 0.3) is 10.9 Å². The molecule has 3 aromatic rings. The fourth-order valence-corrected chi connectivity index (χ4v) is 3.33. The molecule has 3 rings (SSSR count). The molecule has 4 heteroatoms. The molecule has 0 atom stereocenters. The molecular weight excluding hydrogens is 322 g/mol. The highest BCUT2D eigenvalue weighted by atomic mass is 16.1. The summed E-state index contributed by atoms with van der Waals surface area (Å²) in [7, 11) is 0. The van der Waals surface area contributed by atoms with Crippen LogP contribution in [0.2, 0.25) is 0 Å². The number of nitrogens with zero attached hydrogens (tertiary/aromatic N) is 2. The number of pyridine rings is 1. The normalized spacial score (nSPS) is 11.2. The molecule has 0 saturated heterocycles. The van der Waals surface area contributed by atoms with Crippen LogP contribution in [0, 0.1) is 0 Å². The van der Waals surface area contributed by atoms with E-state index in [0.29, 0.717) is 19.0 Å². The Bertz CT molecular complexity index is 852. The van der Waals surface area contributed by atoms with Crippen molar-refractivity contribution in [3.05, 3.63) is 66.1 Å². The number of nitrogens with one attached hydrogen (secondary N) is 1. The maximum Gasteiger partial charge on any atom is 0.220 e. The Kier molecular flexibility index (Phi) is 6.05. The summed E-state index contributed by atoms with van der Waals surface area (Å²) >= 11 is 0. The average Bonchev–Trinajstić information content (AvgIpc) is 3.02. The van der Waals surface area contributed by atoms with E-state index in [-0.39, 0.29) is 5.91 Å². The maximum atomic E-state index is 12.1. The van der Waals surface area contributed by atoms with Gasteiger partial charge in [-0.1, -0.05) is 18.2 Å². The molecule has 1 N–H and O–H groups in total. The number of carbonyl (C=O) groups excluding carboxylic acids is 1. The van der Waals surface area contributed by atoms with Gasteiger partial charge in [0.1, 0.15) is 0 Å². The van der Waals surface area contributed by atoms with Crippen LogP contribution in [-0.2, 0) is 17.6 Å². The van der Waals surface area contributed by atoms with Crippen molar-refractivity contribution < 1.29 is 4.79 Å². The zero-order valence-corrected chi connectivity index (χ0v) is 15.6. The van der Waals surface area contributed by atoms with E-state index in [2.05, 4.69) is 59.2 Å². The molecule has 0 aliphatic heterocycles. The van der Waals surface area contributed by atoms with E-state index in [9.17, 15) is 4.79 Å². The van der Waals surface area contributed by atoms with Gasteiger partial charge in [-0.2, -0.15) is 0 Å². The highest BCUT2D eigenvalue weighted by Crippen LogP contribution is 2.25. The Morgan fingerprint density at radius 1 is 1.12 bits per heavy atom. The summed E-state index contributed by atoms with van der Waals surface area (Å²) in [6.07, 6.45) is 9.02. The molecule has 1 aromatic carbocycles. The summed E-state index contributed by atoms with van der Waals surface area (Å²) in [4.78, 5) is 16.1. The second kappa shape index (κ2) is 8.65. The minimum atomic E-state index is 0.131. The van der Waals surface area contributed by atoms with Gasteiger partial charge in [0.25, 0.3) is 0 Å². The largest absolute Gasteiger partial charge is 0.356 e. The fraction of sp³-hybridized carbons (Fsp3) is 0.364. The van der Waals surface area contributed by atoms with Crippen LogP contribution >= 0.6 is 0 Å². The van der Waals surface area contributed by atoms with Crippen LogP contribution in [0.1, 0.15) is 43.9 Å². The number of hydrogen-bond donors (Lipinski definition) is 1. The van der Waals surface area contributed by atoms with Crippen molar-refractivity contribution in [2.45, 2.75) is 45.6 Å². The first kappa shape index (κ1) is 18.2. The van der Waals surface area contributed by atoms with Gasteiger partial charge in [-0.3, -0.25) is 9.78 Å². The molecule has 26 heavy (non-hydrogen) atoms. The van der Waals surface area contributed by atoms with Gasteiger partial charge in [-0.25, -0.2) is 0 Å². The van der Waals surface area contributed by atoms with Gasteiger partial charge in [0, 0.05) is 48.5 Å². The highest BCUT2D eigenvalue weighted by Gasteiger charge is 2.10. The van der Waals surface area contributed by atoms with E-state index in [4.69, 9.17) is 0 Å². The molecule has 0 saturated carbocycles. The van der Waals surface area contributed by atoms with Crippen LogP contribution in [0.15, 0.2) is 55.0 Å². The van der Waals surface area contributed by atoms with Crippen molar-refractivity contribution in [1.29, 1.82) is 0 Å². The predicted molar refractivity (Wildman–Crippen MR) is 106 cm³/mol. The first-order chi connectivity index (χ1) is 12.6. The number of amides is 1. The number of aromatic nitrogens is 2. The minimum Gasteiger partial charge on any atom is -0.356 e. The monoisotopic (exact) mass is 349 g/mol. The van der Waals surface area contributed by atoms with Gasteiger partial charge in [0.2, 0.25) is 5.91 Å². The number of benzene rings is 1. The Labute approximate surface area is 155 Å². The standard InChI is InChI=1S/C22H27N3O/c1-17(2)25-16-19(20-7-3-4-8-21(20)25)6-5-9-22(26)24-15-12-18-10-13-23-14-11-18/h3-4,7-8,10-11,13-14,16-17H,5-6,9,12,15H2,1-2H3,(H,24,26). The van der Waals surface area contributed by atoms with Crippen LogP contribution < -0.4 is 5.32 Å². The van der Waals surface area contributed by atoms with Crippen LogP contribution in [0.4, 0.5) is 0 Å². The molecule has 0 bridgehead atoms. The molecule has 2 heterocycles. The molecule has 0 fully saturated rings. The van der Waals surface area contributed by atoms with Crippen LogP contribution in [0.3, 0.4) is 0 Å². The third-order valence-corrected chi connectivity index (χ3v) is 4.71. The third kappa shape index (κ3) is 4.51. The Balaban J connectivity index is 1.49. The fourth-order valence-electron chi connectivity index (χ4n) is 3.33. The molecule has 136 valence electrons. The van der Waals surface area contributed by atoms with Crippen molar-refractivity contribution in [3.8, 4) is 0 Å². The van der Waals surface area contributed by atoms with E-state index in [0.717, 1.165) is 19.3 Å². The Morgan fingerprint density at radius 3 is 2.65 bits per heavy atom. The van der Waals surface area contributed by atoms with Crippen molar-refractivity contribution in [2.75, 3.05) is 6.54 Å². The van der Waals surface area contributed by atoms with E-state index in [1.807, 2.05) is 12.1 Å². The third-order valence-electron chi connectivity index (χ3n) is 4.71. The quantitative estimate of drug-likeness (QED) is 0.659. The molecule has 4 nitrogen and oxygen atoms in total. The highest BCUT2D eigenvalue weighted by molar-refractivity contribution is 5.84. The van der Waals surface area contributed by atoms with Crippen LogP contribution in [0.5, 0.6) is 0 Å². The Morgan fingerprint density at radius 2 is 1.88 bits per heavy atom. The van der Waals surface area contributed by atoms with Gasteiger partial charge in [0.05, 0.1) is 0 Å². The van der Waals surface area contributed by atoms with Crippen LogP contribution in [-0.4, -0.2) is 22.0 Å². The zero-order chi connectivity index (χ0) is 18.4. The van der Waals surface area contributed by atoms with E-state index < -0.39 is 0 Å². The number of rotatable bonds is 8. The van der Waals surface area contributed by atoms with Crippen molar-refractivity contribution >= 4 is 16.8 Å². The summed E-state index contributed by atoms with van der Waals surface area (Å²) in [6, 6.07) is 12.9. The molecule has 0 aliphatic carbocycles. The minimum absolute atomic E-state index is 0.131. The van der Waals surface area contributed by atoms with E-state index in [1.165, 1.54) is 22.0 Å². The van der Waals surface area contributed by atoms with E-state index >= 15 is 0 Å². The topological polar surface area (TPSA) is 46.9 Å².